The van der Waals surface area contributed by atoms with Crippen LogP contribution in [0.2, 0.25) is 4.34 Å². The van der Waals surface area contributed by atoms with Crippen molar-refractivity contribution in [2.75, 3.05) is 41.3 Å². The normalized spacial score (nSPS) is 20.1. The maximum absolute atomic E-state index is 12.6. The molecule has 0 radical (unpaired) electrons. The molecule has 34 heavy (non-hydrogen) atoms. The number of anilines is 3. The summed E-state index contributed by atoms with van der Waals surface area (Å²) >= 11 is 7.07. The number of nitrogens with two attached hydrogens (primary N) is 1. The van der Waals surface area contributed by atoms with Crippen LogP contribution in [0.15, 0.2) is 30.3 Å². The third kappa shape index (κ3) is 5.45. The molecule has 2 atom stereocenters. The number of nitrogens with one attached hydrogen (secondary N) is 2. The maximum atomic E-state index is 12.6. The fourth-order valence-electron chi connectivity index (χ4n) is 3.92. The van der Waals surface area contributed by atoms with Gasteiger partial charge >= 0.3 is 6.09 Å². The van der Waals surface area contributed by atoms with Gasteiger partial charge in [0.1, 0.15) is 6.10 Å². The summed E-state index contributed by atoms with van der Waals surface area (Å²) < 4.78 is 5.99. The van der Waals surface area contributed by atoms with Gasteiger partial charge in [0.05, 0.1) is 33.7 Å². The summed E-state index contributed by atoms with van der Waals surface area (Å²) in [5.41, 5.74) is 8.19. The summed E-state index contributed by atoms with van der Waals surface area (Å²) in [5, 5.41) is 5.77. The maximum Gasteiger partial charge on any atom is 0.414 e. The second-order valence-corrected chi connectivity index (χ2v) is 10.5. The van der Waals surface area contributed by atoms with Crippen molar-refractivity contribution in [2.45, 2.75) is 32.4 Å². The number of thiophene rings is 1. The molecular formula is C23H28ClN5O4S. The average Bonchev–Trinajstić information content (AvgIpc) is 3.52. The molecule has 3 amide bonds. The summed E-state index contributed by atoms with van der Waals surface area (Å²) in [6.45, 7) is 5.60. The topological polar surface area (TPSA) is 117 Å². The first kappa shape index (κ1) is 24.3. The minimum absolute atomic E-state index is 0.0862. The number of ether oxygens (including phenoxy) is 1. The number of amides is 3. The van der Waals surface area contributed by atoms with Crippen LogP contribution in [0.5, 0.6) is 0 Å². The molecule has 1 aromatic carbocycles. The van der Waals surface area contributed by atoms with Gasteiger partial charge in [-0.3, -0.25) is 14.5 Å². The van der Waals surface area contributed by atoms with Crippen molar-refractivity contribution in [3.63, 3.8) is 0 Å². The lowest BCUT2D eigenvalue weighted by Crippen LogP contribution is -2.34. The van der Waals surface area contributed by atoms with E-state index in [0.717, 1.165) is 18.7 Å². The van der Waals surface area contributed by atoms with Crippen LogP contribution in [-0.2, 0) is 9.53 Å². The van der Waals surface area contributed by atoms with E-state index in [1.807, 2.05) is 26.0 Å². The fourth-order valence-corrected chi connectivity index (χ4v) is 4.88. The minimum Gasteiger partial charge on any atom is -0.442 e. The van der Waals surface area contributed by atoms with Gasteiger partial charge in [-0.25, -0.2) is 4.79 Å². The predicted octanol–water partition coefficient (Wildman–Crippen LogP) is 3.29. The van der Waals surface area contributed by atoms with Crippen LogP contribution >= 0.6 is 22.9 Å². The highest BCUT2D eigenvalue weighted by atomic mass is 35.5. The zero-order valence-corrected chi connectivity index (χ0v) is 20.6. The first-order valence-corrected chi connectivity index (χ1v) is 12.4. The number of halogens is 1. The lowest BCUT2D eigenvalue weighted by Gasteiger charge is -2.24. The number of benzene rings is 1. The quantitative estimate of drug-likeness (QED) is 0.531. The molecule has 2 aliphatic rings. The van der Waals surface area contributed by atoms with Crippen molar-refractivity contribution in [1.29, 1.82) is 0 Å². The molecule has 1 aromatic heterocycles. The average molecular weight is 506 g/mol. The van der Waals surface area contributed by atoms with E-state index >= 15 is 0 Å². The van der Waals surface area contributed by atoms with E-state index in [9.17, 15) is 14.4 Å². The van der Waals surface area contributed by atoms with E-state index < -0.39 is 12.2 Å². The molecule has 2 saturated heterocycles. The molecule has 0 spiro atoms. The summed E-state index contributed by atoms with van der Waals surface area (Å²) in [6, 6.07) is 8.91. The van der Waals surface area contributed by atoms with Gasteiger partial charge in [-0.15, -0.1) is 11.3 Å². The van der Waals surface area contributed by atoms with Crippen LogP contribution in [0.4, 0.5) is 21.9 Å². The number of hydrogen-bond acceptors (Lipinski definition) is 7. The molecule has 0 aliphatic carbocycles. The summed E-state index contributed by atoms with van der Waals surface area (Å²) in [6.07, 6.45) is -0.129. The first-order chi connectivity index (χ1) is 16.2. The Balaban J connectivity index is 1.47. The number of carbonyl (C=O) groups is 3. The van der Waals surface area contributed by atoms with Crippen LogP contribution in [0.1, 0.15) is 29.9 Å². The third-order valence-corrected chi connectivity index (χ3v) is 7.03. The van der Waals surface area contributed by atoms with Gasteiger partial charge in [0.15, 0.2) is 0 Å². The molecule has 4 N–H and O–H groups in total. The smallest absolute Gasteiger partial charge is 0.414 e. The van der Waals surface area contributed by atoms with Crippen molar-refractivity contribution in [2.24, 2.45) is 11.7 Å². The Morgan fingerprint density at radius 3 is 2.71 bits per heavy atom. The molecule has 4 rings (SSSR count). The second-order valence-electron chi connectivity index (χ2n) is 8.77. The van der Waals surface area contributed by atoms with Gasteiger partial charge < -0.3 is 26.0 Å². The molecule has 0 saturated carbocycles. The molecule has 2 aliphatic heterocycles. The largest absolute Gasteiger partial charge is 0.442 e. The highest BCUT2D eigenvalue weighted by Crippen LogP contribution is 2.34. The molecule has 2 unspecified atom stereocenters. The Kier molecular flexibility index (Phi) is 7.30. The molecule has 0 bridgehead atoms. The van der Waals surface area contributed by atoms with Gasteiger partial charge in [0, 0.05) is 30.7 Å². The van der Waals surface area contributed by atoms with Crippen LogP contribution in [0, 0.1) is 5.92 Å². The number of carbonyl (C=O) groups excluding carboxylic acids is 3. The van der Waals surface area contributed by atoms with E-state index in [2.05, 4.69) is 15.5 Å². The Morgan fingerprint density at radius 1 is 1.26 bits per heavy atom. The van der Waals surface area contributed by atoms with E-state index in [1.54, 1.807) is 18.2 Å². The molecule has 9 nitrogen and oxygen atoms in total. The lowest BCUT2D eigenvalue weighted by atomic mass is 10.1. The van der Waals surface area contributed by atoms with Gasteiger partial charge in [-0.05, 0) is 36.8 Å². The van der Waals surface area contributed by atoms with Crippen molar-refractivity contribution in [3.8, 4) is 0 Å². The molecule has 3 heterocycles. The Bertz CT molecular complexity index is 1090. The Labute approximate surface area is 207 Å². The highest BCUT2D eigenvalue weighted by Gasteiger charge is 2.33. The number of cyclic esters (lactones) is 1. The number of rotatable bonds is 7. The molecule has 182 valence electrons. The van der Waals surface area contributed by atoms with E-state index in [1.165, 1.54) is 16.2 Å². The van der Waals surface area contributed by atoms with Crippen molar-refractivity contribution in [1.82, 2.24) is 5.32 Å². The van der Waals surface area contributed by atoms with Gasteiger partial charge in [0.2, 0.25) is 5.91 Å². The van der Waals surface area contributed by atoms with Crippen molar-refractivity contribution < 1.29 is 19.1 Å². The molecule has 2 aromatic rings. The predicted molar refractivity (Wildman–Crippen MR) is 134 cm³/mol. The molecule has 2 fully saturated rings. The number of nitrogens with zero attached hydrogens (tertiary/aromatic N) is 2. The van der Waals surface area contributed by atoms with Crippen molar-refractivity contribution in [3.05, 3.63) is 39.5 Å². The monoisotopic (exact) mass is 505 g/mol. The standard InChI is InChI=1S/C23H28ClN5O4S/c1-13(2)21(30)27-17-9-15(3-4-18(17)28-8-7-14(25)11-28)29-12-16(33-23(29)32)10-26-22(31)19-5-6-20(24)34-19/h3-6,9,13-14,16H,7-8,10-12,25H2,1-2H3,(H,26,31)(H,27,30). The van der Waals surface area contributed by atoms with Crippen LogP contribution < -0.4 is 26.2 Å². The van der Waals surface area contributed by atoms with Crippen molar-refractivity contribution >= 4 is 57.9 Å². The molecule has 11 heteroatoms. The van der Waals surface area contributed by atoms with Gasteiger partial charge in [-0.1, -0.05) is 25.4 Å². The summed E-state index contributed by atoms with van der Waals surface area (Å²) in [5.74, 6) is -0.571. The summed E-state index contributed by atoms with van der Waals surface area (Å²) in [7, 11) is 0. The third-order valence-electron chi connectivity index (χ3n) is 5.80. The Hall–Kier alpha value is -2.82. The first-order valence-electron chi connectivity index (χ1n) is 11.2. The summed E-state index contributed by atoms with van der Waals surface area (Å²) in [4.78, 5) is 41.5. The van der Waals surface area contributed by atoms with Gasteiger partial charge in [0.25, 0.3) is 5.91 Å². The van der Waals surface area contributed by atoms with Crippen LogP contribution in [-0.4, -0.2) is 56.2 Å². The van der Waals surface area contributed by atoms with Crippen LogP contribution in [0.3, 0.4) is 0 Å². The SMILES string of the molecule is CC(C)C(=O)Nc1cc(N2CC(CNC(=O)c3ccc(Cl)s3)OC2=O)ccc1N1CCC(N)C1. The zero-order valence-electron chi connectivity index (χ0n) is 19.0. The second kappa shape index (κ2) is 10.2. The Morgan fingerprint density at radius 2 is 2.06 bits per heavy atom. The van der Waals surface area contributed by atoms with Gasteiger partial charge in [-0.2, -0.15) is 0 Å². The lowest BCUT2D eigenvalue weighted by molar-refractivity contribution is -0.118. The highest BCUT2D eigenvalue weighted by molar-refractivity contribution is 7.18. The minimum atomic E-state index is -0.504. The van der Waals surface area contributed by atoms with E-state index in [-0.39, 0.29) is 36.9 Å². The fraction of sp³-hybridized carbons (Fsp3) is 0.435. The molecular weight excluding hydrogens is 478 g/mol. The zero-order chi connectivity index (χ0) is 24.4. The van der Waals surface area contributed by atoms with E-state index in [0.29, 0.717) is 27.1 Å². The number of hydrogen-bond donors (Lipinski definition) is 3. The van der Waals surface area contributed by atoms with E-state index in [4.69, 9.17) is 22.1 Å². The van der Waals surface area contributed by atoms with Crippen LogP contribution in [0.25, 0.3) is 0 Å².